The van der Waals surface area contributed by atoms with Crippen LogP contribution in [0.25, 0.3) is 10.2 Å². The average molecular weight is 268 g/mol. The molecule has 0 fully saturated rings. The van der Waals surface area contributed by atoms with Crippen LogP contribution in [0.1, 0.15) is 12.0 Å². The summed E-state index contributed by atoms with van der Waals surface area (Å²) in [6.45, 7) is 2.92. The van der Waals surface area contributed by atoms with E-state index in [-0.39, 0.29) is 0 Å². The van der Waals surface area contributed by atoms with Crippen molar-refractivity contribution in [1.82, 2.24) is 4.98 Å². The van der Waals surface area contributed by atoms with Crippen LogP contribution in [0.2, 0.25) is 0 Å². The standard InChI is InChI=1S/C12H16N2OS2/c1-9-4-5-10-11(8-9)16-12(14-10)13-6-3-7-17(2)15/h4-5,8H,3,6-7H2,1-2H3,(H,13,14). The van der Waals surface area contributed by atoms with E-state index >= 15 is 0 Å². The second kappa shape index (κ2) is 5.60. The number of anilines is 1. The highest BCUT2D eigenvalue weighted by atomic mass is 32.2. The predicted octanol–water partition coefficient (Wildman–Crippen LogP) is 2.79. The molecule has 0 aliphatic rings. The summed E-state index contributed by atoms with van der Waals surface area (Å²) in [4.78, 5) is 4.50. The molecule has 0 amide bonds. The van der Waals surface area contributed by atoms with E-state index in [9.17, 15) is 4.21 Å². The van der Waals surface area contributed by atoms with Gasteiger partial charge in [0.1, 0.15) is 0 Å². The first-order valence-corrected chi connectivity index (χ1v) is 8.10. The van der Waals surface area contributed by atoms with Crippen LogP contribution in [0.15, 0.2) is 18.2 Å². The summed E-state index contributed by atoms with van der Waals surface area (Å²) < 4.78 is 12.1. The van der Waals surface area contributed by atoms with Gasteiger partial charge < -0.3 is 5.32 Å². The Kier molecular flexibility index (Phi) is 4.12. The number of fused-ring (bicyclic) bond motifs is 1. The van der Waals surface area contributed by atoms with Gasteiger partial charge >= 0.3 is 0 Å². The quantitative estimate of drug-likeness (QED) is 0.848. The van der Waals surface area contributed by atoms with Gasteiger partial charge in [0.25, 0.3) is 0 Å². The first-order valence-electron chi connectivity index (χ1n) is 5.56. The lowest BCUT2D eigenvalue weighted by molar-refractivity contribution is 0.685. The summed E-state index contributed by atoms with van der Waals surface area (Å²) in [5, 5.41) is 4.23. The number of hydrogen-bond acceptors (Lipinski definition) is 4. The van der Waals surface area contributed by atoms with Crippen LogP contribution in [0.4, 0.5) is 5.13 Å². The normalized spacial score (nSPS) is 12.8. The van der Waals surface area contributed by atoms with Crippen molar-refractivity contribution >= 4 is 37.5 Å². The minimum absolute atomic E-state index is 0.698. The molecule has 0 bridgehead atoms. The van der Waals surface area contributed by atoms with Gasteiger partial charge in [-0.15, -0.1) is 0 Å². The number of rotatable bonds is 5. The Labute approximate surface area is 108 Å². The Balaban J connectivity index is 1.97. The van der Waals surface area contributed by atoms with Gasteiger partial charge in [0.2, 0.25) is 0 Å². The van der Waals surface area contributed by atoms with Gasteiger partial charge in [-0.3, -0.25) is 4.21 Å². The summed E-state index contributed by atoms with van der Waals surface area (Å²) in [5.74, 6) is 0.747. The van der Waals surface area contributed by atoms with Crippen molar-refractivity contribution in [1.29, 1.82) is 0 Å². The van der Waals surface area contributed by atoms with Crippen LogP contribution in [0.3, 0.4) is 0 Å². The van der Waals surface area contributed by atoms with E-state index in [4.69, 9.17) is 0 Å². The largest absolute Gasteiger partial charge is 0.361 e. The molecule has 2 rings (SSSR count). The van der Waals surface area contributed by atoms with Crippen molar-refractivity contribution in [3.05, 3.63) is 23.8 Å². The Hall–Kier alpha value is -0.940. The molecule has 1 aromatic heterocycles. The maximum atomic E-state index is 10.9. The van der Waals surface area contributed by atoms with E-state index in [0.717, 1.165) is 29.4 Å². The van der Waals surface area contributed by atoms with Gasteiger partial charge in [-0.1, -0.05) is 17.4 Å². The summed E-state index contributed by atoms with van der Waals surface area (Å²) in [6, 6.07) is 6.28. The molecule has 1 atom stereocenters. The van der Waals surface area contributed by atoms with Gasteiger partial charge in [0.15, 0.2) is 5.13 Å². The summed E-state index contributed by atoms with van der Waals surface area (Å²) in [6.07, 6.45) is 2.65. The fourth-order valence-electron chi connectivity index (χ4n) is 1.58. The van der Waals surface area contributed by atoms with Gasteiger partial charge in [-0.2, -0.15) is 0 Å². The lowest BCUT2D eigenvalue weighted by Gasteiger charge is -1.99. The molecule has 1 heterocycles. The van der Waals surface area contributed by atoms with Crippen molar-refractivity contribution in [3.8, 4) is 0 Å². The monoisotopic (exact) mass is 268 g/mol. The van der Waals surface area contributed by atoms with Crippen molar-refractivity contribution < 1.29 is 4.21 Å². The second-order valence-corrected chi connectivity index (χ2v) is 6.63. The minimum Gasteiger partial charge on any atom is -0.361 e. The maximum Gasteiger partial charge on any atom is 0.183 e. The third-order valence-electron chi connectivity index (χ3n) is 2.43. The number of aromatic nitrogens is 1. The summed E-state index contributed by atoms with van der Waals surface area (Å²) in [5.41, 5.74) is 2.30. The van der Waals surface area contributed by atoms with Crippen LogP contribution >= 0.6 is 11.3 Å². The first kappa shape index (κ1) is 12.5. The molecule has 92 valence electrons. The Bertz CT molecular complexity index is 536. The highest BCUT2D eigenvalue weighted by Gasteiger charge is 2.03. The first-order chi connectivity index (χ1) is 8.15. The lowest BCUT2D eigenvalue weighted by Crippen LogP contribution is -2.05. The Morgan fingerprint density at radius 2 is 2.29 bits per heavy atom. The van der Waals surface area contributed by atoms with Crippen LogP contribution in [-0.4, -0.2) is 27.7 Å². The van der Waals surface area contributed by atoms with Crippen LogP contribution in [-0.2, 0) is 10.8 Å². The van der Waals surface area contributed by atoms with Gasteiger partial charge in [-0.05, 0) is 31.0 Å². The predicted molar refractivity (Wildman–Crippen MR) is 76.4 cm³/mol. The Morgan fingerprint density at radius 1 is 1.47 bits per heavy atom. The number of aryl methyl sites for hydroxylation is 1. The molecule has 1 aromatic carbocycles. The molecule has 0 aliphatic carbocycles. The molecule has 1 unspecified atom stereocenters. The minimum atomic E-state index is -0.698. The zero-order valence-corrected chi connectivity index (χ0v) is 11.7. The highest BCUT2D eigenvalue weighted by Crippen LogP contribution is 2.26. The summed E-state index contributed by atoms with van der Waals surface area (Å²) >= 11 is 1.67. The molecule has 0 spiro atoms. The number of hydrogen-bond donors (Lipinski definition) is 1. The van der Waals surface area contributed by atoms with Gasteiger partial charge in [0.05, 0.1) is 10.2 Å². The van der Waals surface area contributed by atoms with Crippen LogP contribution < -0.4 is 5.32 Å². The van der Waals surface area contributed by atoms with E-state index in [2.05, 4.69) is 29.4 Å². The fourth-order valence-corrected chi connectivity index (χ4v) is 3.12. The number of benzene rings is 1. The number of thiazole rings is 1. The molecule has 0 aliphatic heterocycles. The van der Waals surface area contributed by atoms with Crippen molar-refractivity contribution in [3.63, 3.8) is 0 Å². The summed E-state index contributed by atoms with van der Waals surface area (Å²) in [7, 11) is -0.698. The topological polar surface area (TPSA) is 42.0 Å². The maximum absolute atomic E-state index is 10.9. The second-order valence-electron chi connectivity index (χ2n) is 4.05. The van der Waals surface area contributed by atoms with E-state index < -0.39 is 10.8 Å². The van der Waals surface area contributed by atoms with E-state index in [0.29, 0.717) is 0 Å². The van der Waals surface area contributed by atoms with E-state index in [1.54, 1.807) is 17.6 Å². The smallest absolute Gasteiger partial charge is 0.183 e. The van der Waals surface area contributed by atoms with Crippen molar-refractivity contribution in [2.45, 2.75) is 13.3 Å². The third kappa shape index (κ3) is 3.51. The van der Waals surface area contributed by atoms with Gasteiger partial charge in [-0.25, -0.2) is 4.98 Å². The molecule has 0 radical (unpaired) electrons. The molecule has 1 N–H and O–H groups in total. The SMILES string of the molecule is Cc1ccc2nc(NCCCS(C)=O)sc2c1. The number of nitrogens with zero attached hydrogens (tertiary/aromatic N) is 1. The molecule has 17 heavy (non-hydrogen) atoms. The molecule has 3 nitrogen and oxygen atoms in total. The van der Waals surface area contributed by atoms with Gasteiger partial charge in [0, 0.05) is 29.4 Å². The lowest BCUT2D eigenvalue weighted by atomic mass is 10.2. The molecular weight excluding hydrogens is 252 g/mol. The van der Waals surface area contributed by atoms with Crippen molar-refractivity contribution in [2.24, 2.45) is 0 Å². The Morgan fingerprint density at radius 3 is 3.06 bits per heavy atom. The van der Waals surface area contributed by atoms with E-state index in [1.165, 1.54) is 10.3 Å². The fraction of sp³-hybridized carbons (Fsp3) is 0.417. The van der Waals surface area contributed by atoms with E-state index in [1.807, 2.05) is 6.07 Å². The third-order valence-corrected chi connectivity index (χ3v) is 4.27. The molecule has 2 aromatic rings. The van der Waals surface area contributed by atoms with Crippen LogP contribution in [0.5, 0.6) is 0 Å². The molecule has 0 saturated carbocycles. The molecular formula is C12H16N2OS2. The van der Waals surface area contributed by atoms with Crippen molar-refractivity contribution in [2.75, 3.05) is 23.9 Å². The average Bonchev–Trinajstić information content (AvgIpc) is 2.66. The zero-order chi connectivity index (χ0) is 12.3. The molecule has 5 heteroatoms. The van der Waals surface area contributed by atoms with Crippen LogP contribution in [0, 0.1) is 6.92 Å². The molecule has 0 saturated heterocycles. The highest BCUT2D eigenvalue weighted by molar-refractivity contribution is 7.84. The zero-order valence-electron chi connectivity index (χ0n) is 10.0. The number of nitrogens with one attached hydrogen (secondary N) is 1.